The minimum atomic E-state index is -0.391. The highest BCUT2D eigenvalue weighted by Gasteiger charge is 2.35. The highest BCUT2D eigenvalue weighted by molar-refractivity contribution is 5.91. The van der Waals surface area contributed by atoms with Crippen LogP contribution in [0.15, 0.2) is 36.1 Å². The van der Waals surface area contributed by atoms with Crippen molar-refractivity contribution in [1.82, 2.24) is 5.32 Å². The number of rotatable bonds is 7. The van der Waals surface area contributed by atoms with Gasteiger partial charge in [-0.3, -0.25) is 4.79 Å². The molecule has 1 amide bonds. The Morgan fingerprint density at radius 1 is 1.07 bits per heavy atom. The van der Waals surface area contributed by atoms with Gasteiger partial charge in [-0.25, -0.2) is 0 Å². The molecule has 0 spiro atoms. The Kier molecular flexibility index (Phi) is 6.33. The molecule has 1 heterocycles. The summed E-state index contributed by atoms with van der Waals surface area (Å²) in [6.07, 6.45) is 10.7. The zero-order valence-corrected chi connectivity index (χ0v) is 16.4. The molecule has 2 fully saturated rings. The van der Waals surface area contributed by atoms with Gasteiger partial charge in [0.2, 0.25) is 6.29 Å². The number of hydrogen-bond donors (Lipinski definition) is 2. The maximum atomic E-state index is 12.7. The van der Waals surface area contributed by atoms with E-state index < -0.39 is 6.29 Å². The fourth-order valence-electron chi connectivity index (χ4n) is 4.40. The second kappa shape index (κ2) is 9.10. The van der Waals surface area contributed by atoms with Crippen LogP contribution in [0.25, 0.3) is 0 Å². The van der Waals surface area contributed by atoms with E-state index in [1.165, 1.54) is 32.1 Å². The minimum absolute atomic E-state index is 0.0419. The van der Waals surface area contributed by atoms with E-state index in [0.717, 1.165) is 30.4 Å². The minimum Gasteiger partial charge on any atom is -0.459 e. The van der Waals surface area contributed by atoms with Crippen LogP contribution in [0.4, 0.5) is 0 Å². The number of amides is 1. The van der Waals surface area contributed by atoms with E-state index in [2.05, 4.69) is 5.32 Å². The second-order valence-electron chi connectivity index (χ2n) is 8.41. The van der Waals surface area contributed by atoms with Crippen LogP contribution in [0.2, 0.25) is 0 Å². The summed E-state index contributed by atoms with van der Waals surface area (Å²) in [5, 5.41) is 12.3. The lowest BCUT2D eigenvalue weighted by Gasteiger charge is -2.37. The van der Waals surface area contributed by atoms with Gasteiger partial charge < -0.3 is 19.9 Å². The average Bonchev–Trinajstić information content (AvgIpc) is 3.18. The fourth-order valence-corrected chi connectivity index (χ4v) is 4.40. The molecule has 28 heavy (non-hydrogen) atoms. The monoisotopic (exact) mass is 385 g/mol. The third kappa shape index (κ3) is 4.76. The van der Waals surface area contributed by atoms with Crippen LogP contribution in [-0.2, 0) is 27.5 Å². The van der Waals surface area contributed by atoms with Crippen molar-refractivity contribution >= 4 is 5.91 Å². The van der Waals surface area contributed by atoms with Gasteiger partial charge in [0.1, 0.15) is 0 Å². The molecule has 5 nitrogen and oxygen atoms in total. The number of carbonyl (C=O) groups excluding carboxylic acids is 1. The van der Waals surface area contributed by atoms with Gasteiger partial charge in [-0.2, -0.15) is 0 Å². The number of benzene rings is 1. The Morgan fingerprint density at radius 3 is 2.43 bits per heavy atom. The summed E-state index contributed by atoms with van der Waals surface area (Å²) in [6.45, 7) is 0.478. The molecular formula is C23H31NO4. The van der Waals surface area contributed by atoms with Crippen molar-refractivity contribution in [3.05, 3.63) is 47.2 Å². The molecule has 0 unspecified atom stereocenters. The number of hydrogen-bond acceptors (Lipinski definition) is 4. The van der Waals surface area contributed by atoms with Crippen LogP contribution < -0.4 is 5.32 Å². The van der Waals surface area contributed by atoms with Crippen LogP contribution in [0.5, 0.6) is 0 Å². The Labute approximate surface area is 167 Å². The molecule has 2 atom stereocenters. The molecule has 1 aromatic carbocycles. The van der Waals surface area contributed by atoms with Gasteiger partial charge in [-0.05, 0) is 54.7 Å². The average molecular weight is 386 g/mol. The summed E-state index contributed by atoms with van der Waals surface area (Å²) >= 11 is 0. The van der Waals surface area contributed by atoms with E-state index in [4.69, 9.17) is 14.6 Å². The van der Waals surface area contributed by atoms with Crippen LogP contribution in [0, 0.1) is 11.8 Å². The van der Waals surface area contributed by atoms with E-state index >= 15 is 0 Å². The van der Waals surface area contributed by atoms with Gasteiger partial charge >= 0.3 is 0 Å². The van der Waals surface area contributed by atoms with Gasteiger partial charge in [0, 0.05) is 12.5 Å². The first-order chi connectivity index (χ1) is 13.7. The van der Waals surface area contributed by atoms with Crippen molar-refractivity contribution in [2.24, 2.45) is 11.8 Å². The summed E-state index contributed by atoms with van der Waals surface area (Å²) in [5.41, 5.74) is 1.92. The highest BCUT2D eigenvalue weighted by atomic mass is 16.7. The smallest absolute Gasteiger partial charge is 0.286 e. The summed E-state index contributed by atoms with van der Waals surface area (Å²) in [6, 6.07) is 8.00. The van der Waals surface area contributed by atoms with E-state index in [1.807, 2.05) is 30.3 Å². The molecule has 1 aromatic rings. The van der Waals surface area contributed by atoms with E-state index in [-0.39, 0.29) is 18.6 Å². The van der Waals surface area contributed by atoms with E-state index in [0.29, 0.717) is 24.2 Å². The largest absolute Gasteiger partial charge is 0.459 e. The summed E-state index contributed by atoms with van der Waals surface area (Å²) < 4.78 is 12.0. The predicted octanol–water partition coefficient (Wildman–Crippen LogP) is 3.80. The maximum absolute atomic E-state index is 12.7. The highest BCUT2D eigenvalue weighted by Crippen LogP contribution is 2.40. The topological polar surface area (TPSA) is 67.8 Å². The summed E-state index contributed by atoms with van der Waals surface area (Å²) in [7, 11) is 0. The maximum Gasteiger partial charge on any atom is 0.286 e. The van der Waals surface area contributed by atoms with Crippen molar-refractivity contribution in [1.29, 1.82) is 0 Å². The van der Waals surface area contributed by atoms with E-state index in [9.17, 15) is 4.79 Å². The number of nitrogens with one attached hydrogen (secondary N) is 1. The molecule has 1 aliphatic heterocycles. The SMILES string of the molecule is O=C(NC1CCCC1)C1=C[C@H](C2CCC2)C[C@H](OCc2ccc(CO)cc2)O1. The van der Waals surface area contributed by atoms with Gasteiger partial charge in [0.05, 0.1) is 13.2 Å². The van der Waals surface area contributed by atoms with E-state index in [1.54, 1.807) is 0 Å². The number of carbonyl (C=O) groups is 1. The standard InChI is InChI=1S/C23H31NO4/c25-14-16-8-10-17(11-9-16)15-27-22-13-19(18-4-3-5-18)12-21(28-22)23(26)24-20-6-1-2-7-20/h8-12,18-20,22,25H,1-7,13-15H2,(H,24,26)/t19-,22+/m0/s1. The fraction of sp³-hybridized carbons (Fsp3) is 0.609. The van der Waals surface area contributed by atoms with Crippen molar-refractivity contribution in [3.8, 4) is 0 Å². The summed E-state index contributed by atoms with van der Waals surface area (Å²) in [4.78, 5) is 12.7. The molecule has 152 valence electrons. The molecule has 0 bridgehead atoms. The third-order valence-corrected chi connectivity index (χ3v) is 6.40. The van der Waals surface area contributed by atoms with Gasteiger partial charge in [0.25, 0.3) is 5.91 Å². The predicted molar refractivity (Wildman–Crippen MR) is 106 cm³/mol. The Hall–Kier alpha value is -1.85. The Balaban J connectivity index is 1.38. The molecule has 4 rings (SSSR count). The van der Waals surface area contributed by atoms with Crippen LogP contribution in [-0.4, -0.2) is 23.3 Å². The molecule has 0 aromatic heterocycles. The first kappa shape index (κ1) is 19.5. The number of aliphatic hydroxyl groups excluding tert-OH is 1. The lowest BCUT2D eigenvalue weighted by Crippen LogP contribution is -2.39. The molecule has 0 radical (unpaired) electrons. The zero-order chi connectivity index (χ0) is 19.3. The molecule has 3 aliphatic rings. The van der Waals surface area contributed by atoms with Crippen molar-refractivity contribution < 1.29 is 19.4 Å². The van der Waals surface area contributed by atoms with Gasteiger partial charge in [-0.1, -0.05) is 43.5 Å². The number of ether oxygens (including phenoxy) is 2. The first-order valence-electron chi connectivity index (χ1n) is 10.7. The van der Waals surface area contributed by atoms with Crippen LogP contribution in [0.1, 0.15) is 62.5 Å². The van der Waals surface area contributed by atoms with Crippen molar-refractivity contribution in [2.75, 3.05) is 0 Å². The molecule has 2 N–H and O–H groups in total. The Morgan fingerprint density at radius 2 is 1.79 bits per heavy atom. The third-order valence-electron chi connectivity index (χ3n) is 6.40. The van der Waals surface area contributed by atoms with Gasteiger partial charge in [-0.15, -0.1) is 0 Å². The summed E-state index contributed by atoms with van der Waals surface area (Å²) in [5.74, 6) is 1.36. The zero-order valence-electron chi connectivity index (χ0n) is 16.4. The molecule has 2 aliphatic carbocycles. The van der Waals surface area contributed by atoms with Crippen molar-refractivity contribution in [3.63, 3.8) is 0 Å². The molecule has 2 saturated carbocycles. The lowest BCUT2D eigenvalue weighted by atomic mass is 9.73. The number of allylic oxidation sites excluding steroid dienone is 1. The first-order valence-corrected chi connectivity index (χ1v) is 10.7. The van der Waals surface area contributed by atoms with Crippen molar-refractivity contribution in [2.45, 2.75) is 76.9 Å². The quantitative estimate of drug-likeness (QED) is 0.749. The molecule has 5 heteroatoms. The molecular weight excluding hydrogens is 354 g/mol. The number of aliphatic hydroxyl groups is 1. The second-order valence-corrected chi connectivity index (χ2v) is 8.41. The normalized spacial score (nSPS) is 25.7. The van der Waals surface area contributed by atoms with Crippen LogP contribution >= 0.6 is 0 Å². The van der Waals surface area contributed by atoms with Crippen LogP contribution in [0.3, 0.4) is 0 Å². The van der Waals surface area contributed by atoms with Gasteiger partial charge in [0.15, 0.2) is 5.76 Å². The lowest BCUT2D eigenvalue weighted by molar-refractivity contribution is -0.157. The Bertz CT molecular complexity index is 689. The molecule has 0 saturated heterocycles.